The third-order valence-corrected chi connectivity index (χ3v) is 6.91. The predicted molar refractivity (Wildman–Crippen MR) is 101 cm³/mol. The Balaban J connectivity index is 2.27. The fourth-order valence-electron chi connectivity index (χ4n) is 4.37. The van der Waals surface area contributed by atoms with Crippen LogP contribution >= 0.6 is 11.3 Å². The summed E-state index contributed by atoms with van der Waals surface area (Å²) in [4.78, 5) is 0.985. The molecule has 1 aromatic heterocycles. The van der Waals surface area contributed by atoms with Crippen molar-refractivity contribution < 1.29 is 0 Å². The summed E-state index contributed by atoms with van der Waals surface area (Å²) in [6.07, 6.45) is 3.85. The topological polar surface area (TPSA) is 97.4 Å². The van der Waals surface area contributed by atoms with Gasteiger partial charge in [0.2, 0.25) is 0 Å². The molecule has 5 heteroatoms. The molecule has 26 heavy (non-hydrogen) atoms. The predicted octanol–water partition coefficient (Wildman–Crippen LogP) is 4.61. The van der Waals surface area contributed by atoms with Gasteiger partial charge in [-0.1, -0.05) is 32.9 Å². The monoisotopic (exact) mass is 362 g/mol. The van der Waals surface area contributed by atoms with Gasteiger partial charge in [-0.25, -0.2) is 0 Å². The minimum atomic E-state index is -1.50. The summed E-state index contributed by atoms with van der Waals surface area (Å²) in [6.45, 7) is 6.66. The lowest BCUT2D eigenvalue weighted by Crippen LogP contribution is -2.44. The molecule has 0 amide bonds. The largest absolute Gasteiger partial charge is 0.399 e. The van der Waals surface area contributed by atoms with Gasteiger partial charge < -0.3 is 5.73 Å². The number of hydrogen-bond acceptors (Lipinski definition) is 5. The second-order valence-corrected chi connectivity index (χ2v) is 9.20. The molecule has 0 saturated heterocycles. The zero-order chi connectivity index (χ0) is 19.1. The van der Waals surface area contributed by atoms with E-state index in [0.29, 0.717) is 11.5 Å². The summed E-state index contributed by atoms with van der Waals surface area (Å²) in [6, 6.07) is 10.5. The van der Waals surface area contributed by atoms with E-state index < -0.39 is 5.41 Å². The SMILES string of the molecule is CC(C)(C)[C@@H]1CC=C2C(C#N)=C(N)C(C#N)(C#N)[C@@H](c3cccs3)[C@H]2C1. The molecule has 2 N–H and O–H groups in total. The van der Waals surface area contributed by atoms with Gasteiger partial charge in [0.25, 0.3) is 0 Å². The molecule has 4 nitrogen and oxygen atoms in total. The van der Waals surface area contributed by atoms with Gasteiger partial charge in [0.1, 0.15) is 6.07 Å². The fourth-order valence-corrected chi connectivity index (χ4v) is 5.33. The Morgan fingerprint density at radius 3 is 2.42 bits per heavy atom. The molecule has 2 aliphatic rings. The minimum Gasteiger partial charge on any atom is -0.399 e. The van der Waals surface area contributed by atoms with Crippen LogP contribution < -0.4 is 5.73 Å². The molecule has 1 aromatic rings. The van der Waals surface area contributed by atoms with Crippen molar-refractivity contribution in [3.63, 3.8) is 0 Å². The zero-order valence-electron chi connectivity index (χ0n) is 15.3. The van der Waals surface area contributed by atoms with Gasteiger partial charge >= 0.3 is 0 Å². The van der Waals surface area contributed by atoms with Crippen molar-refractivity contribution in [2.75, 3.05) is 0 Å². The Bertz CT molecular complexity index is 880. The van der Waals surface area contributed by atoms with E-state index in [0.717, 1.165) is 23.3 Å². The summed E-state index contributed by atoms with van der Waals surface area (Å²) >= 11 is 1.55. The van der Waals surface area contributed by atoms with Crippen LogP contribution in [0.4, 0.5) is 0 Å². The van der Waals surface area contributed by atoms with Crippen LogP contribution in [0.25, 0.3) is 0 Å². The maximum absolute atomic E-state index is 10.00. The summed E-state index contributed by atoms with van der Waals surface area (Å²) in [7, 11) is 0. The number of thiophene rings is 1. The standard InChI is InChI=1S/C21H22N4S/c1-20(2,3)13-6-7-14-15(9-13)18(17-5-4-8-26-17)21(11-23,12-24)19(25)16(14)10-22/h4-5,7-8,13,15,18H,6,9,25H2,1-3H3/t13-,15+,18-/m1/s1. The Morgan fingerprint density at radius 1 is 1.23 bits per heavy atom. The lowest BCUT2D eigenvalue weighted by molar-refractivity contribution is 0.171. The number of nitriles is 3. The average Bonchev–Trinajstić information content (AvgIpc) is 3.13. The minimum absolute atomic E-state index is 0.0483. The van der Waals surface area contributed by atoms with E-state index in [9.17, 15) is 15.8 Å². The number of fused-ring (bicyclic) bond motifs is 1. The second kappa shape index (κ2) is 6.31. The lowest BCUT2D eigenvalue weighted by atomic mass is 9.55. The molecule has 3 rings (SSSR count). The first-order valence-corrected chi connectivity index (χ1v) is 9.64. The maximum atomic E-state index is 10.00. The molecular formula is C21H22N4S. The highest BCUT2D eigenvalue weighted by atomic mass is 32.1. The molecule has 0 spiro atoms. The summed E-state index contributed by atoms with van der Waals surface area (Å²) < 4.78 is 0. The molecule has 0 aromatic carbocycles. The van der Waals surface area contributed by atoms with Crippen LogP contribution in [0.3, 0.4) is 0 Å². The van der Waals surface area contributed by atoms with E-state index in [1.807, 2.05) is 17.5 Å². The van der Waals surface area contributed by atoms with Gasteiger partial charge in [0, 0.05) is 10.8 Å². The van der Waals surface area contributed by atoms with Crippen molar-refractivity contribution in [3.05, 3.63) is 45.3 Å². The van der Waals surface area contributed by atoms with Gasteiger partial charge in [-0.2, -0.15) is 15.8 Å². The van der Waals surface area contributed by atoms with E-state index in [1.54, 1.807) is 11.3 Å². The molecule has 3 atom stereocenters. The molecule has 0 unspecified atom stereocenters. The van der Waals surface area contributed by atoms with Crippen molar-refractivity contribution in [3.8, 4) is 18.2 Å². The maximum Gasteiger partial charge on any atom is 0.192 e. The van der Waals surface area contributed by atoms with Crippen molar-refractivity contribution in [1.29, 1.82) is 15.8 Å². The normalized spacial score (nSPS) is 27.5. The molecule has 132 valence electrons. The number of hydrogen-bond donors (Lipinski definition) is 1. The van der Waals surface area contributed by atoms with Crippen molar-refractivity contribution in [2.45, 2.75) is 39.5 Å². The summed E-state index contributed by atoms with van der Waals surface area (Å²) in [5, 5.41) is 31.7. The van der Waals surface area contributed by atoms with Gasteiger partial charge in [-0.15, -0.1) is 11.3 Å². The molecule has 0 fully saturated rings. The van der Waals surface area contributed by atoms with Crippen LogP contribution in [0.5, 0.6) is 0 Å². The average molecular weight is 363 g/mol. The Labute approximate surface area is 158 Å². The first-order valence-electron chi connectivity index (χ1n) is 8.76. The molecule has 0 bridgehead atoms. The fraction of sp³-hybridized carbons (Fsp3) is 0.476. The lowest BCUT2D eigenvalue weighted by Gasteiger charge is -2.46. The van der Waals surface area contributed by atoms with Gasteiger partial charge in [-0.05, 0) is 47.1 Å². The first-order chi connectivity index (χ1) is 12.3. The third kappa shape index (κ3) is 2.54. The van der Waals surface area contributed by atoms with Crippen LogP contribution in [0.15, 0.2) is 40.4 Å². The Kier molecular flexibility index (Phi) is 4.43. The Morgan fingerprint density at radius 2 is 1.92 bits per heavy atom. The highest BCUT2D eigenvalue weighted by Crippen LogP contribution is 2.58. The van der Waals surface area contributed by atoms with E-state index in [1.165, 1.54) is 0 Å². The van der Waals surface area contributed by atoms with Crippen LogP contribution in [0.1, 0.15) is 44.4 Å². The van der Waals surface area contributed by atoms with E-state index >= 15 is 0 Å². The van der Waals surface area contributed by atoms with E-state index in [-0.39, 0.29) is 22.9 Å². The van der Waals surface area contributed by atoms with Crippen molar-refractivity contribution in [1.82, 2.24) is 0 Å². The Hall–Kier alpha value is -2.55. The quantitative estimate of drug-likeness (QED) is 0.788. The summed E-state index contributed by atoms with van der Waals surface area (Å²) in [5.74, 6) is 0.0342. The van der Waals surface area contributed by atoms with Gasteiger partial charge in [0.15, 0.2) is 5.41 Å². The molecule has 0 saturated carbocycles. The van der Waals surface area contributed by atoms with Gasteiger partial charge in [0.05, 0.1) is 23.4 Å². The smallest absolute Gasteiger partial charge is 0.192 e. The highest BCUT2D eigenvalue weighted by molar-refractivity contribution is 7.10. The van der Waals surface area contributed by atoms with Crippen LogP contribution in [-0.4, -0.2) is 0 Å². The number of allylic oxidation sites excluding steroid dienone is 4. The first kappa shape index (κ1) is 18.2. The van der Waals surface area contributed by atoms with Crippen LogP contribution in [0.2, 0.25) is 0 Å². The molecule has 0 radical (unpaired) electrons. The molecule has 0 aliphatic heterocycles. The van der Waals surface area contributed by atoms with Crippen LogP contribution in [-0.2, 0) is 0 Å². The van der Waals surface area contributed by atoms with Crippen LogP contribution in [0, 0.1) is 56.7 Å². The van der Waals surface area contributed by atoms with E-state index in [4.69, 9.17) is 5.73 Å². The number of nitrogens with two attached hydrogens (primary N) is 1. The molecule has 2 aliphatic carbocycles. The number of rotatable bonds is 1. The summed E-state index contributed by atoms with van der Waals surface area (Å²) in [5.41, 5.74) is 6.27. The third-order valence-electron chi connectivity index (χ3n) is 5.95. The van der Waals surface area contributed by atoms with Crippen molar-refractivity contribution in [2.24, 2.45) is 28.4 Å². The zero-order valence-corrected chi connectivity index (χ0v) is 16.1. The highest BCUT2D eigenvalue weighted by Gasteiger charge is 2.55. The second-order valence-electron chi connectivity index (χ2n) is 8.23. The van der Waals surface area contributed by atoms with Crippen molar-refractivity contribution >= 4 is 11.3 Å². The van der Waals surface area contributed by atoms with E-state index in [2.05, 4.69) is 45.1 Å². The molecular weight excluding hydrogens is 340 g/mol. The molecule has 1 heterocycles. The number of nitrogens with zero attached hydrogens (tertiary/aromatic N) is 3. The van der Waals surface area contributed by atoms with Gasteiger partial charge in [-0.3, -0.25) is 0 Å².